The molecular weight excluding hydrogens is 398 g/mol. The van der Waals surface area contributed by atoms with Crippen LogP contribution in [-0.4, -0.2) is 15.0 Å². The summed E-state index contributed by atoms with van der Waals surface area (Å²) in [5, 5.41) is 1.06. The molecule has 0 N–H and O–H groups in total. The average molecular weight is 422 g/mol. The molecule has 0 aliphatic rings. The van der Waals surface area contributed by atoms with Crippen molar-refractivity contribution in [2.75, 3.05) is 0 Å². The van der Waals surface area contributed by atoms with Crippen molar-refractivity contribution in [1.82, 2.24) is 15.0 Å². The quantitative estimate of drug-likeness (QED) is 0.306. The third kappa shape index (κ3) is 3.64. The summed E-state index contributed by atoms with van der Waals surface area (Å²) in [5.41, 5.74) is 10.2. The van der Waals surface area contributed by atoms with E-state index in [4.69, 9.17) is 9.97 Å². The maximum Gasteiger partial charge on any atom is 0.126 e. The van der Waals surface area contributed by atoms with Crippen molar-refractivity contribution < 1.29 is 0 Å². The second kappa shape index (κ2) is 7.71. The topological polar surface area (TPSA) is 38.7 Å². The molecule has 0 radical (unpaired) electrons. The molecule has 0 saturated carbocycles. The summed E-state index contributed by atoms with van der Waals surface area (Å²) in [6.45, 7) is 8.25. The van der Waals surface area contributed by atoms with Gasteiger partial charge in [-0.2, -0.15) is 0 Å². The van der Waals surface area contributed by atoms with Gasteiger partial charge in [0.1, 0.15) is 10.8 Å². The molecule has 31 heavy (non-hydrogen) atoms. The number of aryl methyl sites for hydroxylation is 3. The standard InChI is InChI=1S/C27H23N3S/c1-16-15-22(26-17(2)18(3)28-19(4)29-26)13-14-23(16)20-9-11-21(12-10-20)27-30-24-7-5-6-8-25(24)31-27/h5-15H,1-4H3. The Morgan fingerprint density at radius 3 is 2.13 bits per heavy atom. The third-order valence-corrected chi connectivity index (χ3v) is 6.82. The number of para-hydroxylation sites is 1. The third-order valence-electron chi connectivity index (χ3n) is 5.74. The van der Waals surface area contributed by atoms with Crippen LogP contribution in [0.1, 0.15) is 22.6 Å². The zero-order valence-corrected chi connectivity index (χ0v) is 18.9. The SMILES string of the molecule is Cc1nc(C)c(C)c(-c2ccc(-c3ccc(-c4nc5ccccc5s4)cc3)c(C)c2)n1. The summed E-state index contributed by atoms with van der Waals surface area (Å²) in [5.74, 6) is 0.810. The highest BCUT2D eigenvalue weighted by Crippen LogP contribution is 2.33. The van der Waals surface area contributed by atoms with E-state index < -0.39 is 0 Å². The Hall–Kier alpha value is -3.37. The van der Waals surface area contributed by atoms with Crippen LogP contribution in [0.25, 0.3) is 43.2 Å². The van der Waals surface area contributed by atoms with E-state index in [1.165, 1.54) is 21.4 Å². The Kier molecular flexibility index (Phi) is 4.87. The van der Waals surface area contributed by atoms with Crippen molar-refractivity contribution in [1.29, 1.82) is 0 Å². The fourth-order valence-corrected chi connectivity index (χ4v) is 4.94. The maximum absolute atomic E-state index is 4.78. The van der Waals surface area contributed by atoms with E-state index in [0.717, 1.165) is 44.4 Å². The fraction of sp³-hybridized carbons (Fsp3) is 0.148. The first-order valence-electron chi connectivity index (χ1n) is 10.4. The monoisotopic (exact) mass is 421 g/mol. The normalized spacial score (nSPS) is 11.2. The van der Waals surface area contributed by atoms with E-state index in [1.54, 1.807) is 11.3 Å². The first-order valence-corrected chi connectivity index (χ1v) is 11.2. The Morgan fingerprint density at radius 1 is 0.677 bits per heavy atom. The predicted molar refractivity (Wildman–Crippen MR) is 130 cm³/mol. The molecule has 0 bridgehead atoms. The lowest BCUT2D eigenvalue weighted by atomic mass is 9.95. The highest BCUT2D eigenvalue weighted by molar-refractivity contribution is 7.21. The number of thiazole rings is 1. The first-order chi connectivity index (χ1) is 15.0. The van der Waals surface area contributed by atoms with E-state index >= 15 is 0 Å². The van der Waals surface area contributed by atoms with Crippen molar-refractivity contribution in [3.8, 4) is 33.0 Å². The predicted octanol–water partition coefficient (Wildman–Crippen LogP) is 7.32. The minimum absolute atomic E-state index is 0.810. The summed E-state index contributed by atoms with van der Waals surface area (Å²) < 4.78 is 1.22. The highest BCUT2D eigenvalue weighted by Gasteiger charge is 2.11. The molecule has 5 rings (SSSR count). The van der Waals surface area contributed by atoms with Gasteiger partial charge in [0.25, 0.3) is 0 Å². The highest BCUT2D eigenvalue weighted by atomic mass is 32.1. The number of nitrogens with zero attached hydrogens (tertiary/aromatic N) is 3. The number of benzene rings is 3. The number of fused-ring (bicyclic) bond motifs is 1. The molecule has 2 aromatic heterocycles. The van der Waals surface area contributed by atoms with Crippen LogP contribution in [0.5, 0.6) is 0 Å². The van der Waals surface area contributed by atoms with E-state index in [-0.39, 0.29) is 0 Å². The van der Waals surface area contributed by atoms with Gasteiger partial charge in [-0.15, -0.1) is 11.3 Å². The number of rotatable bonds is 3. The number of hydrogen-bond acceptors (Lipinski definition) is 4. The second-order valence-electron chi connectivity index (χ2n) is 7.92. The molecule has 0 atom stereocenters. The zero-order valence-electron chi connectivity index (χ0n) is 18.1. The van der Waals surface area contributed by atoms with Crippen LogP contribution in [0.3, 0.4) is 0 Å². The van der Waals surface area contributed by atoms with Crippen LogP contribution >= 0.6 is 11.3 Å². The smallest absolute Gasteiger partial charge is 0.126 e. The van der Waals surface area contributed by atoms with Crippen LogP contribution < -0.4 is 0 Å². The molecule has 3 nitrogen and oxygen atoms in total. The second-order valence-corrected chi connectivity index (χ2v) is 8.95. The first kappa shape index (κ1) is 19.6. The molecule has 0 fully saturated rings. The molecule has 0 unspecified atom stereocenters. The van der Waals surface area contributed by atoms with Crippen molar-refractivity contribution >= 4 is 21.6 Å². The zero-order chi connectivity index (χ0) is 21.5. The number of aromatic nitrogens is 3. The van der Waals surface area contributed by atoms with E-state index in [2.05, 4.69) is 79.5 Å². The molecule has 0 aliphatic carbocycles. The van der Waals surface area contributed by atoms with Crippen molar-refractivity contribution in [3.05, 3.63) is 89.4 Å². The summed E-state index contributed by atoms with van der Waals surface area (Å²) >= 11 is 1.74. The molecule has 5 aromatic rings. The van der Waals surface area contributed by atoms with Crippen LogP contribution in [0, 0.1) is 27.7 Å². The van der Waals surface area contributed by atoms with Crippen LogP contribution in [0.15, 0.2) is 66.7 Å². The van der Waals surface area contributed by atoms with Crippen LogP contribution in [-0.2, 0) is 0 Å². The Labute approximate surface area is 186 Å². The molecule has 0 aliphatic heterocycles. The molecule has 2 heterocycles. The average Bonchev–Trinajstić information content (AvgIpc) is 3.21. The molecular formula is C27H23N3S. The van der Waals surface area contributed by atoms with E-state index in [1.807, 2.05) is 19.9 Å². The lowest BCUT2D eigenvalue weighted by molar-refractivity contribution is 0.991. The summed E-state index contributed by atoms with van der Waals surface area (Å²) in [4.78, 5) is 13.9. The summed E-state index contributed by atoms with van der Waals surface area (Å²) in [6.07, 6.45) is 0. The minimum atomic E-state index is 0.810. The molecule has 0 amide bonds. The van der Waals surface area contributed by atoms with Crippen molar-refractivity contribution in [2.24, 2.45) is 0 Å². The van der Waals surface area contributed by atoms with Gasteiger partial charge in [0.15, 0.2) is 0 Å². The van der Waals surface area contributed by atoms with Crippen LogP contribution in [0.2, 0.25) is 0 Å². The largest absolute Gasteiger partial charge is 0.238 e. The maximum atomic E-state index is 4.78. The Balaban J connectivity index is 1.48. The lowest BCUT2D eigenvalue weighted by Gasteiger charge is -2.12. The Bertz CT molecular complexity index is 1380. The summed E-state index contributed by atoms with van der Waals surface area (Å²) in [7, 11) is 0. The van der Waals surface area contributed by atoms with Gasteiger partial charge < -0.3 is 0 Å². The van der Waals surface area contributed by atoms with Crippen molar-refractivity contribution in [2.45, 2.75) is 27.7 Å². The van der Waals surface area contributed by atoms with Gasteiger partial charge >= 0.3 is 0 Å². The Morgan fingerprint density at radius 2 is 1.39 bits per heavy atom. The number of hydrogen-bond donors (Lipinski definition) is 0. The molecule has 3 aromatic carbocycles. The molecule has 4 heteroatoms. The van der Waals surface area contributed by atoms with Gasteiger partial charge in [-0.3, -0.25) is 0 Å². The van der Waals surface area contributed by atoms with Gasteiger partial charge in [0.05, 0.1) is 15.9 Å². The minimum Gasteiger partial charge on any atom is -0.238 e. The van der Waals surface area contributed by atoms with Crippen molar-refractivity contribution in [3.63, 3.8) is 0 Å². The molecule has 152 valence electrons. The lowest BCUT2D eigenvalue weighted by Crippen LogP contribution is -1.99. The fourth-order valence-electron chi connectivity index (χ4n) is 3.97. The van der Waals surface area contributed by atoms with Gasteiger partial charge in [0, 0.05) is 16.8 Å². The van der Waals surface area contributed by atoms with E-state index in [0.29, 0.717) is 0 Å². The van der Waals surface area contributed by atoms with Gasteiger partial charge in [-0.25, -0.2) is 15.0 Å². The summed E-state index contributed by atoms with van der Waals surface area (Å²) in [6, 6.07) is 23.6. The van der Waals surface area contributed by atoms with Crippen LogP contribution in [0.4, 0.5) is 0 Å². The molecule has 0 saturated heterocycles. The molecule has 0 spiro atoms. The van der Waals surface area contributed by atoms with E-state index in [9.17, 15) is 0 Å². The van der Waals surface area contributed by atoms with Gasteiger partial charge in [-0.05, 0) is 68.1 Å². The van der Waals surface area contributed by atoms with Gasteiger partial charge in [0.2, 0.25) is 0 Å². The van der Waals surface area contributed by atoms with Gasteiger partial charge in [-0.1, -0.05) is 48.5 Å².